The highest BCUT2D eigenvalue weighted by molar-refractivity contribution is 5.73. The van der Waals surface area contributed by atoms with Gasteiger partial charge in [0.15, 0.2) is 6.10 Å². The number of hydrogen-bond acceptors (Lipinski definition) is 8. The zero-order valence-corrected chi connectivity index (χ0v) is 13.8. The van der Waals surface area contributed by atoms with Crippen molar-refractivity contribution in [1.29, 1.82) is 0 Å². The van der Waals surface area contributed by atoms with E-state index in [1.165, 1.54) is 0 Å². The second kappa shape index (κ2) is 6.47. The Hall–Kier alpha value is -1.42. The van der Waals surface area contributed by atoms with E-state index in [2.05, 4.69) is 0 Å². The molecule has 3 fully saturated rings. The fourth-order valence-electron chi connectivity index (χ4n) is 3.66. The minimum absolute atomic E-state index is 0.129. The van der Waals surface area contributed by atoms with Gasteiger partial charge in [0.05, 0.1) is 12.2 Å². The van der Waals surface area contributed by atoms with Crippen molar-refractivity contribution in [2.75, 3.05) is 20.5 Å². The van der Waals surface area contributed by atoms with Gasteiger partial charge in [-0.1, -0.05) is 13.8 Å². The largest absolute Gasteiger partial charge is 0.508 e. The number of carbonyl (C=O) groups excluding carboxylic acids is 1. The van der Waals surface area contributed by atoms with E-state index in [0.717, 1.165) is 0 Å². The number of rotatable bonds is 4. The average Bonchev–Trinajstić information content (AvgIpc) is 2.92. The molecule has 0 saturated carbocycles. The zero-order chi connectivity index (χ0) is 17.5. The van der Waals surface area contributed by atoms with Crippen LogP contribution in [0.3, 0.4) is 0 Å². The van der Waals surface area contributed by atoms with Gasteiger partial charge in [-0.15, -0.1) is 0 Å². The van der Waals surface area contributed by atoms with Gasteiger partial charge in [-0.25, -0.2) is 9.59 Å². The van der Waals surface area contributed by atoms with Crippen molar-refractivity contribution in [3.05, 3.63) is 0 Å². The maximum Gasteiger partial charge on any atom is 0.508 e. The number of methoxy groups -OCH3 is 1. The second-order valence-electron chi connectivity index (χ2n) is 6.78. The summed E-state index contributed by atoms with van der Waals surface area (Å²) in [5.74, 6) is -1.11. The molecule has 0 aliphatic carbocycles. The molecule has 0 amide bonds. The van der Waals surface area contributed by atoms with Crippen molar-refractivity contribution in [1.82, 2.24) is 0 Å². The highest BCUT2D eigenvalue weighted by Gasteiger charge is 2.57. The number of carboxylic acids is 1. The summed E-state index contributed by atoms with van der Waals surface area (Å²) >= 11 is 0. The Labute approximate surface area is 139 Å². The van der Waals surface area contributed by atoms with Crippen LogP contribution in [0.5, 0.6) is 0 Å². The summed E-state index contributed by atoms with van der Waals surface area (Å²) in [5, 5.41) is 9.38. The first-order chi connectivity index (χ1) is 11.3. The van der Waals surface area contributed by atoms with Crippen molar-refractivity contribution >= 4 is 12.1 Å². The van der Waals surface area contributed by atoms with Gasteiger partial charge < -0.3 is 33.5 Å². The normalized spacial score (nSPS) is 41.2. The number of carbonyl (C=O) groups is 2. The first-order valence-corrected chi connectivity index (χ1v) is 7.82. The van der Waals surface area contributed by atoms with Crippen LogP contribution in [-0.2, 0) is 33.2 Å². The van der Waals surface area contributed by atoms with Gasteiger partial charge in [0.2, 0.25) is 0 Å². The van der Waals surface area contributed by atoms with Crippen molar-refractivity contribution in [3.8, 4) is 0 Å². The maximum atomic E-state index is 11.5. The minimum atomic E-state index is -1.14. The van der Waals surface area contributed by atoms with E-state index in [1.807, 2.05) is 13.8 Å². The minimum Gasteiger partial charge on any atom is -0.479 e. The molecule has 3 saturated heterocycles. The molecule has 0 aromatic carbocycles. The smallest absolute Gasteiger partial charge is 0.479 e. The summed E-state index contributed by atoms with van der Waals surface area (Å²) < 4.78 is 32.3. The second-order valence-corrected chi connectivity index (χ2v) is 6.78. The third-order valence-electron chi connectivity index (χ3n) is 4.94. The number of fused-ring (bicyclic) bond motifs is 1. The van der Waals surface area contributed by atoms with E-state index in [0.29, 0.717) is 6.42 Å². The van der Waals surface area contributed by atoms with Crippen molar-refractivity contribution < 1.29 is 43.1 Å². The molecule has 9 nitrogen and oxygen atoms in total. The first-order valence-electron chi connectivity index (χ1n) is 7.82. The highest BCUT2D eigenvalue weighted by atomic mass is 16.8. The van der Waals surface area contributed by atoms with Crippen LogP contribution in [0.2, 0.25) is 0 Å². The van der Waals surface area contributed by atoms with Gasteiger partial charge in [-0.3, -0.25) is 0 Å². The van der Waals surface area contributed by atoms with Crippen LogP contribution in [0.15, 0.2) is 0 Å². The van der Waals surface area contributed by atoms with E-state index in [-0.39, 0.29) is 13.4 Å². The average molecular weight is 346 g/mol. The molecule has 6 atom stereocenters. The van der Waals surface area contributed by atoms with Crippen LogP contribution in [0.4, 0.5) is 4.79 Å². The van der Waals surface area contributed by atoms with Gasteiger partial charge in [0, 0.05) is 18.9 Å². The Morgan fingerprint density at radius 2 is 2.08 bits per heavy atom. The number of aliphatic carboxylic acids is 1. The molecule has 136 valence electrons. The summed E-state index contributed by atoms with van der Waals surface area (Å²) in [6, 6.07) is 0. The summed E-state index contributed by atoms with van der Waals surface area (Å²) in [6.07, 6.45) is -4.10. The van der Waals surface area contributed by atoms with Crippen LogP contribution >= 0.6 is 0 Å². The Kier molecular flexibility index (Phi) is 4.69. The van der Waals surface area contributed by atoms with Crippen LogP contribution < -0.4 is 0 Å². The number of cyclic esters (lactones) is 2. The molecule has 3 heterocycles. The first kappa shape index (κ1) is 17.4. The molecule has 1 N–H and O–H groups in total. The Morgan fingerprint density at radius 3 is 2.67 bits per heavy atom. The molecule has 3 rings (SSSR count). The van der Waals surface area contributed by atoms with E-state index in [1.54, 1.807) is 7.11 Å². The third kappa shape index (κ3) is 2.97. The topological polar surface area (TPSA) is 110 Å². The van der Waals surface area contributed by atoms with Crippen LogP contribution in [-0.4, -0.2) is 74.4 Å². The quantitative estimate of drug-likeness (QED) is 0.729. The molecule has 0 spiro atoms. The molecule has 9 heteroatoms. The van der Waals surface area contributed by atoms with Crippen molar-refractivity contribution in [3.63, 3.8) is 0 Å². The SMILES string of the molecule is CO[C@@H]1[C@H]2OCO[C@H](C(=O)O)[C@H]2O[C@H](C[C@H]2COC(=O)O2)C1(C)C. The lowest BCUT2D eigenvalue weighted by atomic mass is 9.72. The van der Waals surface area contributed by atoms with Gasteiger partial charge in [0.25, 0.3) is 0 Å². The summed E-state index contributed by atoms with van der Waals surface area (Å²) in [4.78, 5) is 22.6. The highest BCUT2D eigenvalue weighted by Crippen LogP contribution is 2.44. The lowest BCUT2D eigenvalue weighted by Crippen LogP contribution is -2.67. The summed E-state index contributed by atoms with van der Waals surface area (Å²) in [5.41, 5.74) is -0.495. The Bertz CT molecular complexity index is 505. The molecule has 0 radical (unpaired) electrons. The van der Waals surface area contributed by atoms with Crippen LogP contribution in [0.1, 0.15) is 20.3 Å². The summed E-state index contributed by atoms with van der Waals surface area (Å²) in [7, 11) is 1.55. The van der Waals surface area contributed by atoms with E-state index in [9.17, 15) is 14.7 Å². The fraction of sp³-hybridized carbons (Fsp3) is 0.867. The van der Waals surface area contributed by atoms with Crippen LogP contribution in [0.25, 0.3) is 0 Å². The van der Waals surface area contributed by atoms with E-state index < -0.39 is 54.2 Å². The molecule has 24 heavy (non-hydrogen) atoms. The number of hydrogen-bond donors (Lipinski definition) is 1. The monoisotopic (exact) mass is 346 g/mol. The molecule has 0 aromatic heterocycles. The molecule has 3 aliphatic rings. The van der Waals surface area contributed by atoms with Crippen molar-refractivity contribution in [2.45, 2.75) is 56.9 Å². The molecule has 0 bridgehead atoms. The summed E-state index contributed by atoms with van der Waals surface area (Å²) in [6.45, 7) is 3.93. The van der Waals surface area contributed by atoms with E-state index in [4.69, 9.17) is 28.4 Å². The van der Waals surface area contributed by atoms with E-state index >= 15 is 0 Å². The number of carboxylic acid groups (broad SMARTS) is 1. The Morgan fingerprint density at radius 1 is 1.33 bits per heavy atom. The number of ether oxygens (including phenoxy) is 6. The molecule has 3 aliphatic heterocycles. The molecule has 0 unspecified atom stereocenters. The van der Waals surface area contributed by atoms with Gasteiger partial charge in [0.1, 0.15) is 31.7 Å². The van der Waals surface area contributed by atoms with Crippen LogP contribution in [0, 0.1) is 5.41 Å². The van der Waals surface area contributed by atoms with Gasteiger partial charge in [-0.05, 0) is 0 Å². The Balaban J connectivity index is 1.82. The maximum absolute atomic E-state index is 11.5. The fourth-order valence-corrected chi connectivity index (χ4v) is 3.66. The van der Waals surface area contributed by atoms with Gasteiger partial charge in [-0.2, -0.15) is 0 Å². The van der Waals surface area contributed by atoms with Crippen molar-refractivity contribution in [2.24, 2.45) is 5.41 Å². The lowest BCUT2D eigenvalue weighted by molar-refractivity contribution is -0.324. The zero-order valence-electron chi connectivity index (χ0n) is 13.8. The predicted octanol–water partition coefficient (Wildman–Crippen LogP) is 0.547. The predicted molar refractivity (Wildman–Crippen MR) is 76.3 cm³/mol. The molecule has 0 aromatic rings. The third-order valence-corrected chi connectivity index (χ3v) is 4.94. The lowest BCUT2D eigenvalue weighted by Gasteiger charge is -2.53. The van der Waals surface area contributed by atoms with Gasteiger partial charge >= 0.3 is 12.1 Å². The molecular weight excluding hydrogens is 324 g/mol. The standard InChI is InChI=1S/C15H22O9/c1-15(2)8(4-7-5-20-14(18)23-7)24-9-10(12(15)19-3)21-6-22-11(9)13(16)17/h7-12H,4-6H2,1-3H3,(H,16,17)/t7-,8+,9-,10-,11-,12+/m0/s1. The molecular formula is C15H22O9.